The van der Waals surface area contributed by atoms with Crippen molar-refractivity contribution in [3.8, 4) is 0 Å². The molecule has 9 heteroatoms. The summed E-state index contributed by atoms with van der Waals surface area (Å²) in [6, 6.07) is 0. The molecule has 0 radical (unpaired) electrons. The fraction of sp³-hybridized carbons (Fsp3) is 1.00. The van der Waals surface area contributed by atoms with Crippen LogP contribution in [0.15, 0.2) is 0 Å². The van der Waals surface area contributed by atoms with Gasteiger partial charge < -0.3 is 39.5 Å². The zero-order valence-electron chi connectivity index (χ0n) is 10.6. The second-order valence-electron chi connectivity index (χ2n) is 3.22. The van der Waals surface area contributed by atoms with E-state index in [0.29, 0.717) is 39.6 Å². The highest BCUT2D eigenvalue weighted by atomic mass is 16.5. The van der Waals surface area contributed by atoms with Crippen LogP contribution in [-0.2, 0) is 14.2 Å². The molecule has 5 N–H and O–H groups in total. The molecule has 0 fully saturated rings. The Kier molecular flexibility index (Phi) is 18.7. The molecule has 0 aromatic carbocycles. The molecule has 0 rings (SSSR count). The second-order valence-corrected chi connectivity index (χ2v) is 3.22. The zero-order valence-corrected chi connectivity index (χ0v) is 10.6. The highest BCUT2D eigenvalue weighted by Gasteiger charge is 1.95. The van der Waals surface area contributed by atoms with Crippen LogP contribution in [0.4, 0.5) is 0 Å². The monoisotopic (exact) mass is 270 g/mol. The van der Waals surface area contributed by atoms with Crippen LogP contribution in [0.3, 0.4) is 0 Å². The van der Waals surface area contributed by atoms with Gasteiger partial charge in [0.25, 0.3) is 0 Å². The van der Waals surface area contributed by atoms with Crippen molar-refractivity contribution in [3.63, 3.8) is 0 Å². The summed E-state index contributed by atoms with van der Waals surface area (Å²) in [5.74, 6) is 0. The topological polar surface area (TPSA) is 129 Å². The Labute approximate surface area is 107 Å². The molecule has 18 heavy (non-hydrogen) atoms. The standard InChI is InChI=1S/C9H20O5.BH3O3/c1-9(11)8-14-7-6-13-5-4-12-3-2-10;2-1(3)4/h9-11H,2-8H2,1H3;2-4H. The highest BCUT2D eigenvalue weighted by Crippen LogP contribution is 1.84. The minimum absolute atomic E-state index is 0.0392. The van der Waals surface area contributed by atoms with Crippen LogP contribution >= 0.6 is 0 Å². The van der Waals surface area contributed by atoms with E-state index in [1.165, 1.54) is 0 Å². The average molecular weight is 270 g/mol. The van der Waals surface area contributed by atoms with Crippen LogP contribution in [0.2, 0.25) is 0 Å². The minimum Gasteiger partial charge on any atom is -0.402 e. The van der Waals surface area contributed by atoms with E-state index in [4.69, 9.17) is 39.5 Å². The Morgan fingerprint density at radius 3 is 1.67 bits per heavy atom. The van der Waals surface area contributed by atoms with Gasteiger partial charge in [-0.05, 0) is 6.92 Å². The molecule has 0 aromatic rings. The van der Waals surface area contributed by atoms with Crippen LogP contribution in [0, 0.1) is 0 Å². The zero-order chi connectivity index (χ0) is 14.2. The molecule has 8 nitrogen and oxygen atoms in total. The first kappa shape index (κ1) is 20.1. The first-order valence-corrected chi connectivity index (χ1v) is 5.57. The molecule has 0 aromatic heterocycles. The number of ether oxygens (including phenoxy) is 3. The van der Waals surface area contributed by atoms with Gasteiger partial charge in [0, 0.05) is 0 Å². The first-order chi connectivity index (χ1) is 8.50. The molecule has 0 saturated carbocycles. The van der Waals surface area contributed by atoms with Crippen LogP contribution in [0.5, 0.6) is 0 Å². The summed E-state index contributed by atoms with van der Waals surface area (Å²) in [5, 5.41) is 38.7. The summed E-state index contributed by atoms with van der Waals surface area (Å²) in [6.07, 6.45) is -0.428. The SMILES string of the molecule is CC(O)COCCOCCOCCO.OB(O)O. The van der Waals surface area contributed by atoms with E-state index in [1.807, 2.05) is 0 Å². The Morgan fingerprint density at radius 1 is 0.889 bits per heavy atom. The lowest BCUT2D eigenvalue weighted by Crippen LogP contribution is -2.15. The molecule has 0 aliphatic heterocycles. The van der Waals surface area contributed by atoms with E-state index in [9.17, 15) is 0 Å². The van der Waals surface area contributed by atoms with E-state index in [1.54, 1.807) is 6.92 Å². The lowest BCUT2D eigenvalue weighted by atomic mass is 10.3. The Morgan fingerprint density at radius 2 is 1.28 bits per heavy atom. The molecule has 110 valence electrons. The van der Waals surface area contributed by atoms with Gasteiger partial charge in [0.2, 0.25) is 0 Å². The van der Waals surface area contributed by atoms with E-state index in [2.05, 4.69) is 0 Å². The third-order valence-corrected chi connectivity index (χ3v) is 1.34. The lowest BCUT2D eigenvalue weighted by molar-refractivity contribution is -0.00922. The highest BCUT2D eigenvalue weighted by molar-refractivity contribution is 6.30. The smallest absolute Gasteiger partial charge is 0.402 e. The first-order valence-electron chi connectivity index (χ1n) is 5.57. The van der Waals surface area contributed by atoms with Gasteiger partial charge in [-0.25, -0.2) is 0 Å². The Bertz CT molecular complexity index is 144. The third-order valence-electron chi connectivity index (χ3n) is 1.34. The lowest BCUT2D eigenvalue weighted by Gasteiger charge is -2.07. The Hall–Kier alpha value is -0.255. The molecule has 0 aliphatic rings. The van der Waals surface area contributed by atoms with E-state index in [0.717, 1.165) is 0 Å². The van der Waals surface area contributed by atoms with Gasteiger partial charge in [-0.2, -0.15) is 0 Å². The predicted octanol–water partition coefficient (Wildman–Crippen LogP) is -2.64. The molecule has 0 heterocycles. The fourth-order valence-corrected chi connectivity index (χ4v) is 0.758. The number of hydrogen-bond acceptors (Lipinski definition) is 8. The summed E-state index contributed by atoms with van der Waals surface area (Å²) in [4.78, 5) is 0. The van der Waals surface area contributed by atoms with Crippen molar-refractivity contribution in [1.82, 2.24) is 0 Å². The van der Waals surface area contributed by atoms with Crippen molar-refractivity contribution in [2.75, 3.05) is 46.2 Å². The van der Waals surface area contributed by atoms with Gasteiger partial charge in [-0.15, -0.1) is 0 Å². The van der Waals surface area contributed by atoms with Crippen molar-refractivity contribution in [3.05, 3.63) is 0 Å². The molecule has 0 spiro atoms. The van der Waals surface area contributed by atoms with Crippen molar-refractivity contribution < 1.29 is 39.5 Å². The average Bonchev–Trinajstić information content (AvgIpc) is 2.26. The van der Waals surface area contributed by atoms with Crippen molar-refractivity contribution >= 4 is 7.32 Å². The molecule has 1 unspecified atom stereocenters. The normalized spacial score (nSPS) is 11.7. The van der Waals surface area contributed by atoms with Crippen molar-refractivity contribution in [2.24, 2.45) is 0 Å². The molecular weight excluding hydrogens is 247 g/mol. The van der Waals surface area contributed by atoms with Crippen LogP contribution in [0.25, 0.3) is 0 Å². The maximum absolute atomic E-state index is 8.84. The molecule has 0 aliphatic carbocycles. The van der Waals surface area contributed by atoms with Crippen molar-refractivity contribution in [2.45, 2.75) is 13.0 Å². The quantitative estimate of drug-likeness (QED) is 0.215. The van der Waals surface area contributed by atoms with E-state index in [-0.39, 0.29) is 6.61 Å². The van der Waals surface area contributed by atoms with Gasteiger partial charge >= 0.3 is 7.32 Å². The Balaban J connectivity index is 0. The largest absolute Gasteiger partial charge is 0.631 e. The molecule has 0 amide bonds. The number of aliphatic hydroxyl groups excluding tert-OH is 2. The van der Waals surface area contributed by atoms with Crippen molar-refractivity contribution in [1.29, 1.82) is 0 Å². The van der Waals surface area contributed by atoms with Gasteiger partial charge in [0.1, 0.15) is 0 Å². The van der Waals surface area contributed by atoms with Gasteiger partial charge in [-0.1, -0.05) is 0 Å². The number of hydrogen-bond donors (Lipinski definition) is 5. The maximum Gasteiger partial charge on any atom is 0.631 e. The van der Waals surface area contributed by atoms with Crippen LogP contribution in [0.1, 0.15) is 6.92 Å². The third kappa shape index (κ3) is 29.6. The minimum atomic E-state index is -2.17. The van der Waals surface area contributed by atoms with Gasteiger partial charge in [0.05, 0.1) is 52.4 Å². The summed E-state index contributed by atoms with van der Waals surface area (Å²) >= 11 is 0. The summed E-state index contributed by atoms with van der Waals surface area (Å²) in [5.41, 5.74) is 0. The molecule has 1 atom stereocenters. The number of aliphatic hydroxyl groups is 2. The second kappa shape index (κ2) is 16.7. The van der Waals surface area contributed by atoms with Crippen LogP contribution in [-0.4, -0.2) is 85.0 Å². The van der Waals surface area contributed by atoms with Gasteiger partial charge in [0.15, 0.2) is 0 Å². The summed E-state index contributed by atoms with van der Waals surface area (Å²) in [6.45, 7) is 4.35. The maximum atomic E-state index is 8.84. The predicted molar refractivity (Wildman–Crippen MR) is 63.6 cm³/mol. The fourth-order valence-electron chi connectivity index (χ4n) is 0.758. The summed E-state index contributed by atoms with van der Waals surface area (Å²) < 4.78 is 15.2. The summed E-state index contributed by atoms with van der Waals surface area (Å²) in [7, 11) is -2.17. The molecule has 0 saturated heterocycles. The van der Waals surface area contributed by atoms with Gasteiger partial charge in [-0.3, -0.25) is 0 Å². The van der Waals surface area contributed by atoms with E-state index >= 15 is 0 Å². The number of rotatable bonds is 10. The molecule has 0 bridgehead atoms. The van der Waals surface area contributed by atoms with E-state index < -0.39 is 13.4 Å². The van der Waals surface area contributed by atoms with Crippen LogP contribution < -0.4 is 0 Å². The molecular formula is C9H23BO8.